The van der Waals surface area contributed by atoms with Crippen molar-refractivity contribution in [3.05, 3.63) is 35.6 Å². The number of nitrogens with zero attached hydrogens (tertiary/aromatic N) is 1. The number of hydrogen-bond acceptors (Lipinski definition) is 2. The predicted molar refractivity (Wildman–Crippen MR) is 63.0 cm³/mol. The van der Waals surface area contributed by atoms with Gasteiger partial charge in [-0.3, -0.25) is 9.69 Å². The van der Waals surface area contributed by atoms with Crippen molar-refractivity contribution in [2.75, 3.05) is 7.05 Å². The van der Waals surface area contributed by atoms with Gasteiger partial charge in [-0.25, -0.2) is 4.39 Å². The Bertz CT molecular complexity index is 445. The minimum Gasteiger partial charge on any atom is -0.300 e. The molecule has 0 amide bonds. The highest BCUT2D eigenvalue weighted by molar-refractivity contribution is 5.76. The molecule has 1 unspecified atom stereocenters. The maximum absolute atomic E-state index is 13.4. The molecule has 0 aliphatic rings. The number of hydrogen-bond donors (Lipinski definition) is 0. The molecule has 0 saturated heterocycles. The summed E-state index contributed by atoms with van der Waals surface area (Å²) in [5.41, 5.74) is 0.169. The number of ketones is 1. The van der Waals surface area contributed by atoms with Crippen LogP contribution in [-0.4, -0.2) is 29.9 Å². The third kappa shape index (κ3) is 4.63. The van der Waals surface area contributed by atoms with Crippen LogP contribution >= 0.6 is 0 Å². The number of rotatable bonds is 5. The van der Waals surface area contributed by atoms with Crippen molar-refractivity contribution in [3.63, 3.8) is 0 Å². The van der Waals surface area contributed by atoms with Crippen LogP contribution < -0.4 is 0 Å². The van der Waals surface area contributed by atoms with Crippen molar-refractivity contribution in [1.29, 1.82) is 0 Å². The third-order valence-electron chi connectivity index (χ3n) is 2.77. The van der Waals surface area contributed by atoms with E-state index >= 15 is 0 Å². The summed E-state index contributed by atoms with van der Waals surface area (Å²) in [6.07, 6.45) is -5.15. The largest absolute Gasteiger partial charge is 0.404 e. The molecule has 1 aromatic rings. The van der Waals surface area contributed by atoms with Gasteiger partial charge in [0.1, 0.15) is 17.6 Å². The number of benzene rings is 1. The molecule has 0 aliphatic heterocycles. The summed E-state index contributed by atoms with van der Waals surface area (Å²) in [6.45, 7) is 0.903. The minimum absolute atomic E-state index is 0.169. The molecule has 1 rings (SSSR count). The summed E-state index contributed by atoms with van der Waals surface area (Å²) in [7, 11) is 1.23. The lowest BCUT2D eigenvalue weighted by Crippen LogP contribution is -2.44. The van der Waals surface area contributed by atoms with E-state index < -0.39 is 30.2 Å². The molecule has 0 aromatic heterocycles. The normalized spacial score (nSPS) is 13.6. The number of carbonyl (C=O) groups excluding carboxylic acids is 1. The van der Waals surface area contributed by atoms with E-state index in [1.807, 2.05) is 0 Å². The van der Waals surface area contributed by atoms with Crippen molar-refractivity contribution in [1.82, 2.24) is 4.90 Å². The SMILES string of the molecule is CC(=O)CC(N(C)Cc1ccccc1F)C(F)(F)F. The second kappa shape index (κ2) is 6.14. The van der Waals surface area contributed by atoms with Gasteiger partial charge in [0.05, 0.1) is 0 Å². The van der Waals surface area contributed by atoms with Crippen molar-refractivity contribution in [2.24, 2.45) is 0 Å². The number of alkyl halides is 3. The van der Waals surface area contributed by atoms with E-state index in [9.17, 15) is 22.4 Å². The van der Waals surface area contributed by atoms with Crippen molar-refractivity contribution >= 4 is 5.78 Å². The fourth-order valence-corrected chi connectivity index (χ4v) is 1.80. The van der Waals surface area contributed by atoms with E-state index in [-0.39, 0.29) is 12.1 Å². The Morgan fingerprint density at radius 3 is 2.37 bits per heavy atom. The number of carbonyl (C=O) groups is 1. The minimum atomic E-state index is -4.52. The van der Waals surface area contributed by atoms with Gasteiger partial charge >= 0.3 is 6.18 Å². The van der Waals surface area contributed by atoms with Gasteiger partial charge in [-0.1, -0.05) is 18.2 Å². The van der Waals surface area contributed by atoms with Crippen LogP contribution in [0.1, 0.15) is 18.9 Å². The molecule has 0 spiro atoms. The Balaban J connectivity index is 2.86. The lowest BCUT2D eigenvalue weighted by Gasteiger charge is -2.29. The highest BCUT2D eigenvalue weighted by atomic mass is 19.4. The Kier molecular flexibility index (Phi) is 5.05. The molecule has 19 heavy (non-hydrogen) atoms. The second-order valence-electron chi connectivity index (χ2n) is 4.47. The molecule has 0 fully saturated rings. The predicted octanol–water partition coefficient (Wildman–Crippen LogP) is 3.17. The molecule has 0 aliphatic carbocycles. The van der Waals surface area contributed by atoms with Crippen LogP contribution in [0.15, 0.2) is 24.3 Å². The quantitative estimate of drug-likeness (QED) is 0.770. The lowest BCUT2D eigenvalue weighted by atomic mass is 10.1. The molecule has 2 nitrogen and oxygen atoms in total. The second-order valence-corrected chi connectivity index (χ2v) is 4.47. The van der Waals surface area contributed by atoms with Gasteiger partial charge in [-0.05, 0) is 20.0 Å². The summed E-state index contributed by atoms with van der Waals surface area (Å²) < 4.78 is 51.9. The van der Waals surface area contributed by atoms with Gasteiger partial charge in [-0.2, -0.15) is 13.2 Å². The molecular weight excluding hydrogens is 262 g/mol. The molecule has 0 N–H and O–H groups in total. The first-order valence-electron chi connectivity index (χ1n) is 5.71. The van der Waals surface area contributed by atoms with Crippen LogP contribution in [0.25, 0.3) is 0 Å². The molecular formula is C13H15F4NO. The van der Waals surface area contributed by atoms with Gasteiger partial charge in [0, 0.05) is 18.5 Å². The molecule has 0 bridgehead atoms. The maximum atomic E-state index is 13.4. The maximum Gasteiger partial charge on any atom is 0.404 e. The Morgan fingerprint density at radius 2 is 1.89 bits per heavy atom. The van der Waals surface area contributed by atoms with Gasteiger partial charge in [0.25, 0.3) is 0 Å². The molecule has 106 valence electrons. The summed E-state index contributed by atoms with van der Waals surface area (Å²) in [4.78, 5) is 11.9. The van der Waals surface area contributed by atoms with E-state index in [4.69, 9.17) is 0 Å². The highest BCUT2D eigenvalue weighted by Crippen LogP contribution is 2.28. The van der Waals surface area contributed by atoms with Crippen molar-refractivity contribution in [3.8, 4) is 0 Å². The van der Waals surface area contributed by atoms with Gasteiger partial charge in [0.2, 0.25) is 0 Å². The van der Waals surface area contributed by atoms with E-state index in [0.29, 0.717) is 0 Å². The van der Waals surface area contributed by atoms with Crippen LogP contribution in [0.3, 0.4) is 0 Å². The third-order valence-corrected chi connectivity index (χ3v) is 2.77. The number of halogens is 4. The summed E-state index contributed by atoms with van der Waals surface area (Å²) in [5.74, 6) is -1.11. The number of Topliss-reactive ketones (excluding diaryl/α,β-unsaturated/α-hetero) is 1. The van der Waals surface area contributed by atoms with E-state index in [1.54, 1.807) is 6.07 Å². The fraction of sp³-hybridized carbons (Fsp3) is 0.462. The van der Waals surface area contributed by atoms with E-state index in [0.717, 1.165) is 11.8 Å². The zero-order valence-corrected chi connectivity index (χ0v) is 10.7. The highest BCUT2D eigenvalue weighted by Gasteiger charge is 2.42. The zero-order chi connectivity index (χ0) is 14.6. The standard InChI is InChI=1S/C13H15F4NO/c1-9(19)7-12(13(15,16)17)18(2)8-10-5-3-4-6-11(10)14/h3-6,12H,7-8H2,1-2H3. The van der Waals surface area contributed by atoms with Crippen LogP contribution in [0, 0.1) is 5.82 Å². The van der Waals surface area contributed by atoms with Crippen LogP contribution in [0.5, 0.6) is 0 Å². The average Bonchev–Trinajstić information content (AvgIpc) is 2.27. The Morgan fingerprint density at radius 1 is 1.32 bits per heavy atom. The average molecular weight is 277 g/mol. The van der Waals surface area contributed by atoms with Crippen molar-refractivity contribution < 1.29 is 22.4 Å². The molecule has 0 saturated carbocycles. The first kappa shape index (κ1) is 15.6. The Hall–Kier alpha value is -1.43. The fourth-order valence-electron chi connectivity index (χ4n) is 1.80. The first-order chi connectivity index (χ1) is 8.71. The van der Waals surface area contributed by atoms with Crippen LogP contribution in [0.4, 0.5) is 17.6 Å². The summed E-state index contributed by atoms with van der Waals surface area (Å²) in [5, 5.41) is 0. The molecule has 0 radical (unpaired) electrons. The first-order valence-corrected chi connectivity index (χ1v) is 5.71. The monoisotopic (exact) mass is 277 g/mol. The van der Waals surface area contributed by atoms with Crippen molar-refractivity contribution in [2.45, 2.75) is 32.1 Å². The zero-order valence-electron chi connectivity index (χ0n) is 10.7. The molecule has 0 heterocycles. The topological polar surface area (TPSA) is 20.3 Å². The van der Waals surface area contributed by atoms with E-state index in [2.05, 4.69) is 0 Å². The van der Waals surface area contributed by atoms with Gasteiger partial charge in [0.15, 0.2) is 0 Å². The van der Waals surface area contributed by atoms with E-state index in [1.165, 1.54) is 25.2 Å². The summed E-state index contributed by atoms with van der Waals surface area (Å²) >= 11 is 0. The van der Waals surface area contributed by atoms with Crippen LogP contribution in [0.2, 0.25) is 0 Å². The van der Waals surface area contributed by atoms with Gasteiger partial charge < -0.3 is 0 Å². The Labute approximate surface area is 109 Å². The molecule has 1 atom stereocenters. The summed E-state index contributed by atoms with van der Waals surface area (Å²) in [6, 6.07) is 3.74. The molecule has 6 heteroatoms. The van der Waals surface area contributed by atoms with Crippen LogP contribution in [-0.2, 0) is 11.3 Å². The van der Waals surface area contributed by atoms with Gasteiger partial charge in [-0.15, -0.1) is 0 Å². The molecule has 1 aromatic carbocycles. The smallest absolute Gasteiger partial charge is 0.300 e. The lowest BCUT2D eigenvalue weighted by molar-refractivity contribution is -0.184.